The molecule has 0 saturated carbocycles. The summed E-state index contributed by atoms with van der Waals surface area (Å²) in [6.07, 6.45) is 6.86. The van der Waals surface area contributed by atoms with Gasteiger partial charge in [0.25, 0.3) is 0 Å². The quantitative estimate of drug-likeness (QED) is 0.796. The Labute approximate surface area is 154 Å². The van der Waals surface area contributed by atoms with Gasteiger partial charge in [0, 0.05) is 18.3 Å². The topological polar surface area (TPSA) is 90.7 Å². The molecule has 140 valence electrons. The van der Waals surface area contributed by atoms with Crippen molar-refractivity contribution in [3.05, 3.63) is 71.6 Å². The van der Waals surface area contributed by atoms with Crippen LogP contribution in [0.25, 0.3) is 5.57 Å². The first-order chi connectivity index (χ1) is 12.3. The second-order valence-electron chi connectivity index (χ2n) is 6.15. The lowest BCUT2D eigenvalue weighted by molar-refractivity contribution is 0.377. The summed E-state index contributed by atoms with van der Waals surface area (Å²) in [6.45, 7) is 5.58. The van der Waals surface area contributed by atoms with E-state index in [-0.39, 0.29) is 0 Å². The largest absolute Gasteiger partial charge is 0.394 e. The average Bonchev–Trinajstić information content (AvgIpc) is 3.10. The number of hydrogen-bond donors (Lipinski definition) is 2. The fourth-order valence-corrected chi connectivity index (χ4v) is 2.81. The van der Waals surface area contributed by atoms with Crippen molar-refractivity contribution < 1.29 is 17.5 Å². The van der Waals surface area contributed by atoms with E-state index in [0.717, 1.165) is 12.2 Å². The number of rotatable bonds is 4. The molecule has 26 heavy (non-hydrogen) atoms. The molecule has 2 N–H and O–H groups in total. The molecule has 0 aliphatic carbocycles. The number of aromatic nitrogens is 1. The highest BCUT2D eigenvalue weighted by molar-refractivity contribution is 7.79. The van der Waals surface area contributed by atoms with Gasteiger partial charge in [0.1, 0.15) is 0 Å². The van der Waals surface area contributed by atoms with Crippen LogP contribution >= 0.6 is 0 Å². The van der Waals surface area contributed by atoms with E-state index < -0.39 is 10.4 Å². The minimum absolute atomic E-state index is 1.01. The second kappa shape index (κ2) is 9.59. The molecule has 0 unspecified atom stereocenters. The van der Waals surface area contributed by atoms with Crippen LogP contribution in [0.2, 0.25) is 0 Å². The van der Waals surface area contributed by atoms with Crippen molar-refractivity contribution in [2.24, 2.45) is 0 Å². The summed E-state index contributed by atoms with van der Waals surface area (Å²) in [5.74, 6) is 0. The molecule has 7 heteroatoms. The standard InChI is InChI=1S/C19H22N2.H2O4S/c1-16-7-9-17(10-8-16)18(19-6-2-3-12-20-19)11-15-21-13-4-5-14-21;1-5(2,3)4/h2-3,6-12H,4-5,13-15H2,1H3;(H2,1,2,3,4). The summed E-state index contributed by atoms with van der Waals surface area (Å²) < 4.78 is 31.6. The Hall–Kier alpha value is -2.06. The number of nitrogens with zero attached hydrogens (tertiary/aromatic N) is 2. The number of likely N-dealkylation sites (tertiary alicyclic amines) is 1. The first kappa shape index (κ1) is 20.3. The smallest absolute Gasteiger partial charge is 0.300 e. The summed E-state index contributed by atoms with van der Waals surface area (Å²) in [6, 6.07) is 14.8. The molecule has 0 spiro atoms. The monoisotopic (exact) mass is 376 g/mol. The molecular formula is C19H24N2O4S. The highest BCUT2D eigenvalue weighted by atomic mass is 32.3. The van der Waals surface area contributed by atoms with Crippen molar-refractivity contribution in [1.82, 2.24) is 9.88 Å². The maximum Gasteiger partial charge on any atom is 0.394 e. The number of pyridine rings is 1. The van der Waals surface area contributed by atoms with Crippen molar-refractivity contribution in [3.8, 4) is 0 Å². The average molecular weight is 376 g/mol. The van der Waals surface area contributed by atoms with Crippen molar-refractivity contribution in [2.75, 3.05) is 19.6 Å². The SMILES string of the molecule is Cc1ccc(C(=CCN2CCCC2)c2ccccn2)cc1.O=S(=O)(O)O. The second-order valence-corrected chi connectivity index (χ2v) is 7.05. The molecule has 0 bridgehead atoms. The van der Waals surface area contributed by atoms with E-state index in [2.05, 4.69) is 59.3 Å². The van der Waals surface area contributed by atoms with Gasteiger partial charge in [-0.3, -0.25) is 19.0 Å². The third kappa shape index (κ3) is 7.45. The first-order valence-electron chi connectivity index (χ1n) is 8.44. The minimum atomic E-state index is -4.67. The van der Waals surface area contributed by atoms with E-state index >= 15 is 0 Å². The molecule has 1 aliphatic rings. The van der Waals surface area contributed by atoms with Crippen LogP contribution in [0.1, 0.15) is 29.7 Å². The minimum Gasteiger partial charge on any atom is -0.300 e. The zero-order valence-electron chi connectivity index (χ0n) is 14.7. The summed E-state index contributed by atoms with van der Waals surface area (Å²) in [7, 11) is -4.67. The molecule has 0 atom stereocenters. The van der Waals surface area contributed by atoms with Gasteiger partial charge < -0.3 is 0 Å². The highest BCUT2D eigenvalue weighted by Gasteiger charge is 2.11. The summed E-state index contributed by atoms with van der Waals surface area (Å²) >= 11 is 0. The summed E-state index contributed by atoms with van der Waals surface area (Å²) in [4.78, 5) is 7.05. The van der Waals surface area contributed by atoms with E-state index in [1.807, 2.05) is 12.3 Å². The van der Waals surface area contributed by atoms with Crippen LogP contribution in [0.3, 0.4) is 0 Å². The molecule has 6 nitrogen and oxygen atoms in total. The fraction of sp³-hybridized carbons (Fsp3) is 0.316. The Balaban J connectivity index is 0.000000431. The van der Waals surface area contributed by atoms with Gasteiger partial charge in [-0.2, -0.15) is 8.42 Å². The van der Waals surface area contributed by atoms with Crippen LogP contribution in [-0.4, -0.2) is 47.0 Å². The zero-order valence-corrected chi connectivity index (χ0v) is 15.6. The lowest BCUT2D eigenvalue weighted by Crippen LogP contribution is -2.19. The van der Waals surface area contributed by atoms with Crippen LogP contribution in [-0.2, 0) is 10.4 Å². The third-order valence-corrected chi connectivity index (χ3v) is 4.06. The van der Waals surface area contributed by atoms with Crippen LogP contribution in [0.5, 0.6) is 0 Å². The normalized spacial score (nSPS) is 15.4. The number of benzene rings is 1. The van der Waals surface area contributed by atoms with Crippen molar-refractivity contribution in [1.29, 1.82) is 0 Å². The van der Waals surface area contributed by atoms with Crippen molar-refractivity contribution in [3.63, 3.8) is 0 Å². The molecule has 1 aliphatic heterocycles. The van der Waals surface area contributed by atoms with Gasteiger partial charge in [-0.1, -0.05) is 42.0 Å². The number of hydrogen-bond acceptors (Lipinski definition) is 4. The lowest BCUT2D eigenvalue weighted by Gasteiger charge is -2.14. The Kier molecular flexibility index (Phi) is 7.47. The molecule has 1 saturated heterocycles. The van der Waals surface area contributed by atoms with Crippen LogP contribution in [0.15, 0.2) is 54.7 Å². The van der Waals surface area contributed by atoms with E-state index in [1.54, 1.807) is 0 Å². The molecule has 1 aromatic heterocycles. The molecule has 3 rings (SSSR count). The molecule has 1 aromatic carbocycles. The summed E-state index contributed by atoms with van der Waals surface area (Å²) in [5.41, 5.74) is 4.83. The van der Waals surface area contributed by atoms with Gasteiger partial charge in [-0.05, 0) is 50.6 Å². The van der Waals surface area contributed by atoms with E-state index in [9.17, 15) is 0 Å². The molecule has 2 heterocycles. The predicted molar refractivity (Wildman–Crippen MR) is 102 cm³/mol. The molecule has 0 amide bonds. The van der Waals surface area contributed by atoms with Crippen molar-refractivity contribution >= 4 is 16.0 Å². The maximum absolute atomic E-state index is 8.74. The Morgan fingerprint density at radius 1 is 1.12 bits per heavy atom. The molecule has 1 fully saturated rings. The van der Waals surface area contributed by atoms with Gasteiger partial charge in [0.05, 0.1) is 5.69 Å². The van der Waals surface area contributed by atoms with Gasteiger partial charge in [0.15, 0.2) is 0 Å². The lowest BCUT2D eigenvalue weighted by atomic mass is 10.0. The molecule has 2 aromatic rings. The van der Waals surface area contributed by atoms with Gasteiger partial charge in [-0.15, -0.1) is 0 Å². The third-order valence-electron chi connectivity index (χ3n) is 4.06. The van der Waals surface area contributed by atoms with Gasteiger partial charge in [0.2, 0.25) is 0 Å². The van der Waals surface area contributed by atoms with E-state index in [1.165, 1.54) is 42.6 Å². The van der Waals surface area contributed by atoms with Crippen LogP contribution in [0, 0.1) is 6.92 Å². The van der Waals surface area contributed by atoms with E-state index in [0.29, 0.717) is 0 Å². The molecular weight excluding hydrogens is 352 g/mol. The zero-order chi connectivity index (χ0) is 19.0. The van der Waals surface area contributed by atoms with Crippen LogP contribution in [0.4, 0.5) is 0 Å². The van der Waals surface area contributed by atoms with Gasteiger partial charge in [-0.25, -0.2) is 0 Å². The summed E-state index contributed by atoms with van der Waals surface area (Å²) in [5, 5.41) is 0. The van der Waals surface area contributed by atoms with Gasteiger partial charge >= 0.3 is 10.4 Å². The molecule has 0 radical (unpaired) electrons. The number of aryl methyl sites for hydroxylation is 1. The maximum atomic E-state index is 8.74. The Morgan fingerprint density at radius 2 is 1.73 bits per heavy atom. The Bertz CT molecular complexity index is 804. The highest BCUT2D eigenvalue weighted by Crippen LogP contribution is 2.22. The first-order valence-corrected chi connectivity index (χ1v) is 9.83. The van der Waals surface area contributed by atoms with E-state index in [4.69, 9.17) is 17.5 Å². The fourth-order valence-electron chi connectivity index (χ4n) is 2.81. The van der Waals surface area contributed by atoms with Crippen LogP contribution < -0.4 is 0 Å². The Morgan fingerprint density at radius 3 is 2.27 bits per heavy atom. The predicted octanol–water partition coefficient (Wildman–Crippen LogP) is 3.26. The van der Waals surface area contributed by atoms with Crippen molar-refractivity contribution in [2.45, 2.75) is 19.8 Å².